The van der Waals surface area contributed by atoms with Gasteiger partial charge >= 0.3 is 0 Å². The van der Waals surface area contributed by atoms with Crippen LogP contribution in [0.25, 0.3) is 0 Å². The van der Waals surface area contributed by atoms with Crippen LogP contribution in [0.2, 0.25) is 0 Å². The van der Waals surface area contributed by atoms with Gasteiger partial charge in [-0.05, 0) is 37.8 Å². The zero-order valence-corrected chi connectivity index (χ0v) is 10.6. The Labute approximate surface area is 102 Å². The molecule has 1 unspecified atom stereocenters. The van der Waals surface area contributed by atoms with Crippen LogP contribution in [-0.2, 0) is 19.0 Å². The lowest BCUT2D eigenvalue weighted by molar-refractivity contribution is -0.102. The van der Waals surface area contributed by atoms with Gasteiger partial charge in [0.1, 0.15) is 0 Å². The fourth-order valence-electron chi connectivity index (χ4n) is 1.82. The highest BCUT2D eigenvalue weighted by atomic mass is 32.2. The summed E-state index contributed by atoms with van der Waals surface area (Å²) in [6.45, 7) is 2.31. The summed E-state index contributed by atoms with van der Waals surface area (Å²) in [4.78, 5) is 0.217. The molecule has 94 valence electrons. The third-order valence-electron chi connectivity index (χ3n) is 2.73. The topological polar surface area (TPSA) is 52.6 Å². The Morgan fingerprint density at radius 1 is 1.29 bits per heavy atom. The first kappa shape index (κ1) is 12.5. The molecule has 1 aliphatic heterocycles. The maximum Gasteiger partial charge on any atom is 0.299 e. The van der Waals surface area contributed by atoms with E-state index in [1.165, 1.54) is 0 Å². The van der Waals surface area contributed by atoms with E-state index < -0.39 is 16.4 Å². The van der Waals surface area contributed by atoms with Crippen molar-refractivity contribution in [2.45, 2.75) is 37.4 Å². The first-order chi connectivity index (χ1) is 8.09. The van der Waals surface area contributed by atoms with Crippen molar-refractivity contribution in [3.05, 3.63) is 29.8 Å². The van der Waals surface area contributed by atoms with Crippen LogP contribution in [0.4, 0.5) is 0 Å². The van der Waals surface area contributed by atoms with Crippen molar-refractivity contribution in [3.8, 4) is 0 Å². The van der Waals surface area contributed by atoms with Crippen molar-refractivity contribution in [2.24, 2.45) is 0 Å². The van der Waals surface area contributed by atoms with Gasteiger partial charge in [0.15, 0.2) is 6.29 Å². The molecule has 0 aliphatic carbocycles. The lowest BCUT2D eigenvalue weighted by Gasteiger charge is -2.22. The van der Waals surface area contributed by atoms with Crippen LogP contribution in [0.1, 0.15) is 24.8 Å². The van der Waals surface area contributed by atoms with Crippen molar-refractivity contribution >= 4 is 10.1 Å². The van der Waals surface area contributed by atoms with Gasteiger partial charge in [-0.3, -0.25) is 0 Å². The van der Waals surface area contributed by atoms with E-state index in [0.29, 0.717) is 18.6 Å². The summed E-state index contributed by atoms with van der Waals surface area (Å²) in [5.74, 6) is 0. The average molecular weight is 256 g/mol. The molecule has 1 fully saturated rings. The second-order valence-corrected chi connectivity index (χ2v) is 5.65. The molecule has 0 radical (unpaired) electrons. The van der Waals surface area contributed by atoms with Crippen LogP contribution in [0.3, 0.4) is 0 Å². The van der Waals surface area contributed by atoms with Crippen LogP contribution < -0.4 is 0 Å². The van der Waals surface area contributed by atoms with Crippen LogP contribution in [0.5, 0.6) is 0 Å². The number of rotatable bonds is 3. The predicted molar refractivity (Wildman–Crippen MR) is 63.0 cm³/mol. The molecule has 2 rings (SSSR count). The van der Waals surface area contributed by atoms with Crippen molar-refractivity contribution in [1.82, 2.24) is 0 Å². The monoisotopic (exact) mass is 256 g/mol. The summed E-state index contributed by atoms with van der Waals surface area (Å²) in [5.41, 5.74) is 0.684. The summed E-state index contributed by atoms with van der Waals surface area (Å²) < 4.78 is 34.4. The number of aryl methyl sites for hydroxylation is 1. The molecular weight excluding hydrogens is 240 g/mol. The van der Waals surface area contributed by atoms with Gasteiger partial charge in [-0.1, -0.05) is 18.2 Å². The number of ether oxygens (including phenoxy) is 1. The molecule has 0 N–H and O–H groups in total. The summed E-state index contributed by atoms with van der Waals surface area (Å²) in [6, 6.07) is 6.78. The highest BCUT2D eigenvalue weighted by Crippen LogP contribution is 2.22. The number of hydrogen-bond donors (Lipinski definition) is 0. The normalized spacial score (nSPS) is 21.4. The largest absolute Gasteiger partial charge is 0.351 e. The van der Waals surface area contributed by atoms with Gasteiger partial charge in [-0.2, -0.15) is 8.42 Å². The predicted octanol–water partition coefficient (Wildman–Crippen LogP) is 2.23. The third kappa shape index (κ3) is 3.06. The first-order valence-electron chi connectivity index (χ1n) is 5.70. The molecule has 0 spiro atoms. The molecule has 1 saturated heterocycles. The molecular formula is C12H16O4S. The smallest absolute Gasteiger partial charge is 0.299 e. The van der Waals surface area contributed by atoms with Gasteiger partial charge in [0.25, 0.3) is 10.1 Å². The lowest BCUT2D eigenvalue weighted by atomic mass is 10.2. The Kier molecular flexibility index (Phi) is 3.81. The molecule has 0 saturated carbocycles. The fourth-order valence-corrected chi connectivity index (χ4v) is 3.06. The lowest BCUT2D eigenvalue weighted by Crippen LogP contribution is -2.25. The van der Waals surface area contributed by atoms with E-state index in [4.69, 9.17) is 8.92 Å². The van der Waals surface area contributed by atoms with Crippen molar-refractivity contribution in [2.75, 3.05) is 6.61 Å². The maximum absolute atomic E-state index is 12.0. The Morgan fingerprint density at radius 2 is 2.06 bits per heavy atom. The van der Waals surface area contributed by atoms with Gasteiger partial charge in [-0.15, -0.1) is 0 Å². The van der Waals surface area contributed by atoms with Gasteiger partial charge in [0.05, 0.1) is 4.90 Å². The molecule has 0 bridgehead atoms. The summed E-state index contributed by atoms with van der Waals surface area (Å²) in [7, 11) is -3.72. The van der Waals surface area contributed by atoms with Gasteiger partial charge in [0, 0.05) is 6.61 Å². The Morgan fingerprint density at radius 3 is 2.71 bits per heavy atom. The molecule has 5 heteroatoms. The molecule has 17 heavy (non-hydrogen) atoms. The fraction of sp³-hybridized carbons (Fsp3) is 0.500. The van der Waals surface area contributed by atoms with E-state index in [9.17, 15) is 8.42 Å². The summed E-state index contributed by atoms with van der Waals surface area (Å²) in [5, 5.41) is 0. The SMILES string of the molecule is Cc1ccccc1S(=O)(=O)OC1CCCCO1. The first-order valence-corrected chi connectivity index (χ1v) is 7.11. The van der Waals surface area contributed by atoms with E-state index in [2.05, 4.69) is 0 Å². The van der Waals surface area contributed by atoms with Crippen molar-refractivity contribution in [3.63, 3.8) is 0 Å². The van der Waals surface area contributed by atoms with Crippen LogP contribution in [0.15, 0.2) is 29.2 Å². The van der Waals surface area contributed by atoms with E-state index in [-0.39, 0.29) is 4.90 Å². The van der Waals surface area contributed by atoms with E-state index in [1.54, 1.807) is 31.2 Å². The highest BCUT2D eigenvalue weighted by Gasteiger charge is 2.25. The van der Waals surface area contributed by atoms with Crippen LogP contribution >= 0.6 is 0 Å². The zero-order chi connectivity index (χ0) is 12.3. The average Bonchev–Trinajstić information content (AvgIpc) is 2.30. The van der Waals surface area contributed by atoms with Crippen molar-refractivity contribution in [1.29, 1.82) is 0 Å². The van der Waals surface area contributed by atoms with Gasteiger partial charge < -0.3 is 4.74 Å². The summed E-state index contributed by atoms with van der Waals surface area (Å²) >= 11 is 0. The number of benzene rings is 1. The minimum Gasteiger partial charge on any atom is -0.351 e. The van der Waals surface area contributed by atoms with Crippen molar-refractivity contribution < 1.29 is 17.3 Å². The molecule has 1 aromatic carbocycles. The molecule has 1 atom stereocenters. The van der Waals surface area contributed by atoms with Crippen LogP contribution in [-0.4, -0.2) is 21.3 Å². The molecule has 0 amide bonds. The van der Waals surface area contributed by atoms with Gasteiger partial charge in [-0.25, -0.2) is 4.18 Å². The third-order valence-corrected chi connectivity index (χ3v) is 4.20. The minimum absolute atomic E-state index is 0.217. The maximum atomic E-state index is 12.0. The molecule has 4 nitrogen and oxygen atoms in total. The molecule has 0 aromatic heterocycles. The highest BCUT2D eigenvalue weighted by molar-refractivity contribution is 7.86. The second kappa shape index (κ2) is 5.16. The van der Waals surface area contributed by atoms with E-state index in [1.807, 2.05) is 0 Å². The standard InChI is InChI=1S/C12H16O4S/c1-10-6-2-3-7-11(10)17(13,14)16-12-8-4-5-9-15-12/h2-3,6-7,12H,4-5,8-9H2,1H3. The second-order valence-electron chi connectivity index (χ2n) is 4.11. The Balaban J connectivity index is 2.16. The van der Waals surface area contributed by atoms with E-state index >= 15 is 0 Å². The molecule has 1 aromatic rings. The number of hydrogen-bond acceptors (Lipinski definition) is 4. The van der Waals surface area contributed by atoms with E-state index in [0.717, 1.165) is 12.8 Å². The molecule has 1 aliphatic rings. The van der Waals surface area contributed by atoms with Crippen LogP contribution in [0, 0.1) is 6.92 Å². The zero-order valence-electron chi connectivity index (χ0n) is 9.76. The quantitative estimate of drug-likeness (QED) is 0.778. The molecule has 1 heterocycles. The Hall–Kier alpha value is -0.910. The minimum atomic E-state index is -3.72. The summed E-state index contributed by atoms with van der Waals surface area (Å²) in [6.07, 6.45) is 1.90. The van der Waals surface area contributed by atoms with Gasteiger partial charge in [0.2, 0.25) is 0 Å². The Bertz CT molecular complexity index is 475.